The number of hydrogen-bond acceptors (Lipinski definition) is 10. The third kappa shape index (κ3) is 11.3. The van der Waals surface area contributed by atoms with E-state index < -0.39 is 99.3 Å². The molecule has 0 fully saturated rings. The van der Waals surface area contributed by atoms with E-state index >= 15 is 0 Å². The van der Waals surface area contributed by atoms with Crippen LogP contribution in [0.5, 0.6) is 0 Å². The summed E-state index contributed by atoms with van der Waals surface area (Å²) in [5, 5.41) is 0. The minimum absolute atomic E-state index is 1.43. The molecule has 0 aromatic rings. The Morgan fingerprint density at radius 3 is 0.487 bits per heavy atom. The van der Waals surface area contributed by atoms with Crippen LogP contribution in [-0.4, -0.2) is 117 Å². The maximum absolute atomic E-state index is 11.9. The van der Waals surface area contributed by atoms with E-state index in [1.54, 1.807) is 0 Å². The van der Waals surface area contributed by atoms with Gasteiger partial charge in [-0.3, -0.25) is 36.5 Å². The fourth-order valence-electron chi connectivity index (χ4n) is 3.05. The summed E-state index contributed by atoms with van der Waals surface area (Å²) >= 11 is 0. The molecule has 0 aromatic carbocycles. The highest BCUT2D eigenvalue weighted by molar-refractivity contribution is 7.73. The molecule has 0 aliphatic heterocycles. The van der Waals surface area contributed by atoms with Gasteiger partial charge < -0.3 is 78.3 Å². The summed E-state index contributed by atoms with van der Waals surface area (Å²) in [5.41, 5.74) is -17.1. The molecule has 0 amide bonds. The van der Waals surface area contributed by atoms with Crippen LogP contribution in [0.4, 0.5) is 0 Å². The monoisotopic (exact) mass is 742 g/mol. The van der Waals surface area contributed by atoms with Crippen LogP contribution >= 0.6 is 60.8 Å². The largest absolute Gasteiger partial charge is 0.355 e. The third-order valence-electron chi connectivity index (χ3n) is 3.92. The quantitative estimate of drug-likeness (QED) is 0.0597. The number of nitrogens with zero attached hydrogens (tertiary/aromatic N) is 2. The van der Waals surface area contributed by atoms with Gasteiger partial charge >= 0.3 is 60.8 Å². The summed E-state index contributed by atoms with van der Waals surface area (Å²) in [4.78, 5) is 148. The summed E-state index contributed by atoms with van der Waals surface area (Å²) in [5.74, 6) is 0. The molecule has 0 atom stereocenters. The van der Waals surface area contributed by atoms with Gasteiger partial charge in [0.2, 0.25) is 22.1 Å². The first-order valence-corrected chi connectivity index (χ1v) is 21.8. The predicted molar refractivity (Wildman–Crippen MR) is 120 cm³/mol. The van der Waals surface area contributed by atoms with E-state index in [9.17, 15) is 115 Å². The van der Waals surface area contributed by atoms with Crippen LogP contribution in [0.1, 0.15) is 0 Å². The number of rotatable bonds is 14. The van der Waals surface area contributed by atoms with Crippen molar-refractivity contribution in [3.8, 4) is 0 Å². The Labute approximate surface area is 214 Å². The van der Waals surface area contributed by atoms with Crippen molar-refractivity contribution < 1.29 is 115 Å². The topological polar surface area (TPSA) is 467 Å². The standard InChI is InChI=1S/C5H22N2O24P8/c8-32(9,10)2(33(11,12)13)6(3(34(14,15)16)35(17,18)19)1-7(4(36(20,21)22)37(23,24)25)5(38(26,27)28)39(29,30)31/h2-5H,1H2,(H2,8,9,10)(H2,11,12,13)(H2,14,15,16)(H2,17,18,19)(H2,20,21,22)(H2,23,24,25)(H2,26,27,28)(H2,29,30,31). The lowest BCUT2D eigenvalue weighted by molar-refractivity contribution is 0.100. The van der Waals surface area contributed by atoms with Crippen molar-refractivity contribution in [3.05, 3.63) is 0 Å². The molecule has 26 nitrogen and oxygen atoms in total. The Kier molecular flexibility index (Phi) is 12.6. The fourth-order valence-corrected chi connectivity index (χ4v) is 14.9. The van der Waals surface area contributed by atoms with Crippen molar-refractivity contribution in [2.24, 2.45) is 0 Å². The van der Waals surface area contributed by atoms with E-state index in [1.807, 2.05) is 0 Å². The van der Waals surface area contributed by atoms with Gasteiger partial charge in [0.05, 0.1) is 6.67 Å². The molecule has 0 radical (unpaired) electrons. The zero-order valence-electron chi connectivity index (χ0n) is 17.9. The van der Waals surface area contributed by atoms with E-state index in [-0.39, 0.29) is 0 Å². The van der Waals surface area contributed by atoms with Gasteiger partial charge in [0.25, 0.3) is 0 Å². The van der Waals surface area contributed by atoms with Gasteiger partial charge in [0, 0.05) is 0 Å². The second kappa shape index (κ2) is 12.3. The maximum atomic E-state index is 11.9. The molecule has 16 N–H and O–H groups in total. The van der Waals surface area contributed by atoms with Gasteiger partial charge in [0.1, 0.15) is 0 Å². The van der Waals surface area contributed by atoms with Crippen LogP contribution in [-0.2, 0) is 36.5 Å². The summed E-state index contributed by atoms with van der Waals surface area (Å²) in [6, 6.07) is 0. The molecule has 0 saturated heterocycles. The molecule has 0 spiro atoms. The Morgan fingerprint density at radius 2 is 0.410 bits per heavy atom. The van der Waals surface area contributed by atoms with Crippen LogP contribution in [0.15, 0.2) is 0 Å². The van der Waals surface area contributed by atoms with Crippen molar-refractivity contribution in [3.63, 3.8) is 0 Å². The second-order valence-electron chi connectivity index (χ2n) is 7.27. The molecule has 0 bridgehead atoms. The summed E-state index contributed by atoms with van der Waals surface area (Å²) in [6.07, 6.45) is 0. The molecule has 0 heterocycles. The van der Waals surface area contributed by atoms with E-state index in [2.05, 4.69) is 0 Å². The zero-order valence-corrected chi connectivity index (χ0v) is 25.1. The minimum atomic E-state index is -6.75. The summed E-state index contributed by atoms with van der Waals surface area (Å²) in [7, 11) is -54.0. The van der Waals surface area contributed by atoms with E-state index in [0.717, 1.165) is 0 Å². The van der Waals surface area contributed by atoms with E-state index in [0.29, 0.717) is 0 Å². The van der Waals surface area contributed by atoms with Gasteiger partial charge in [-0.25, -0.2) is 9.80 Å². The molecule has 34 heteroatoms. The molecule has 0 saturated carbocycles. The summed E-state index contributed by atoms with van der Waals surface area (Å²) < 4.78 is 95.3. The Balaban J connectivity index is 8.29. The van der Waals surface area contributed by atoms with Gasteiger partial charge in [-0.1, -0.05) is 0 Å². The highest BCUT2D eigenvalue weighted by Crippen LogP contribution is 2.72. The van der Waals surface area contributed by atoms with Gasteiger partial charge in [-0.05, 0) is 0 Å². The molecule has 236 valence electrons. The normalized spacial score (nSPS) is 15.9. The molecule has 0 rings (SSSR count). The first-order valence-electron chi connectivity index (χ1n) is 8.39. The highest BCUT2D eigenvalue weighted by atomic mass is 31.3. The van der Waals surface area contributed by atoms with Crippen molar-refractivity contribution >= 4 is 60.8 Å². The summed E-state index contributed by atoms with van der Waals surface area (Å²) in [6.45, 7) is -2.97. The Bertz CT molecular complexity index is 993. The molecule has 0 unspecified atom stereocenters. The van der Waals surface area contributed by atoms with Crippen molar-refractivity contribution in [1.82, 2.24) is 9.80 Å². The number of hydrogen-bond donors (Lipinski definition) is 16. The average molecular weight is 742 g/mol. The van der Waals surface area contributed by atoms with Crippen LogP contribution < -0.4 is 0 Å². The van der Waals surface area contributed by atoms with Crippen molar-refractivity contribution in [2.75, 3.05) is 6.67 Å². The van der Waals surface area contributed by atoms with Crippen molar-refractivity contribution in [2.45, 2.75) is 22.1 Å². The van der Waals surface area contributed by atoms with Crippen LogP contribution in [0, 0.1) is 0 Å². The first kappa shape index (κ1) is 40.1. The predicted octanol–water partition coefficient (Wildman–Crippen LogP) is -3.90. The molecule has 0 aromatic heterocycles. The Morgan fingerprint density at radius 1 is 0.308 bits per heavy atom. The van der Waals surface area contributed by atoms with E-state index in [1.165, 1.54) is 0 Å². The molecular weight excluding hydrogens is 720 g/mol. The Hall–Kier alpha value is 1.12. The van der Waals surface area contributed by atoms with Crippen molar-refractivity contribution in [1.29, 1.82) is 0 Å². The molecule has 39 heavy (non-hydrogen) atoms. The highest BCUT2D eigenvalue weighted by Gasteiger charge is 2.63. The van der Waals surface area contributed by atoms with Gasteiger partial charge in [0.15, 0.2) is 0 Å². The molecular formula is C5H22N2O24P8. The molecule has 0 aliphatic carbocycles. The zero-order chi connectivity index (χ0) is 32.2. The minimum Gasteiger partial charge on any atom is -0.323 e. The second-order valence-corrected chi connectivity index (χ2v) is 22.2. The van der Waals surface area contributed by atoms with Gasteiger partial charge in [-0.15, -0.1) is 0 Å². The van der Waals surface area contributed by atoms with Crippen LogP contribution in [0.3, 0.4) is 0 Å². The lowest BCUT2D eigenvalue weighted by Crippen LogP contribution is -2.54. The average Bonchev–Trinajstić information content (AvgIpc) is 2.41. The first-order chi connectivity index (χ1) is 16.5. The third-order valence-corrected chi connectivity index (χ3v) is 18.3. The lowest BCUT2D eigenvalue weighted by atomic mass is 10.7. The van der Waals surface area contributed by atoms with Crippen LogP contribution in [0.2, 0.25) is 0 Å². The SMILES string of the molecule is O=P(O)(O)C(N(CN(C(P(=O)(O)O)P(=O)(O)O)C(P(=O)(O)O)P(=O)(O)O)C(P(=O)(O)O)P(=O)(O)O)P(=O)(O)O. The van der Waals surface area contributed by atoms with Gasteiger partial charge in [-0.2, -0.15) is 0 Å². The maximum Gasteiger partial charge on any atom is 0.355 e. The lowest BCUT2D eigenvalue weighted by Gasteiger charge is -2.44. The van der Waals surface area contributed by atoms with E-state index in [4.69, 9.17) is 0 Å². The van der Waals surface area contributed by atoms with Crippen LogP contribution in [0.25, 0.3) is 0 Å². The fraction of sp³-hybridized carbons (Fsp3) is 1.00. The molecule has 0 aliphatic rings. The smallest absolute Gasteiger partial charge is 0.323 e.